The van der Waals surface area contributed by atoms with Crippen LogP contribution in [0.2, 0.25) is 0 Å². The van der Waals surface area contributed by atoms with Crippen LogP contribution in [0, 0.1) is 23.7 Å². The van der Waals surface area contributed by atoms with E-state index in [-0.39, 0.29) is 25.7 Å². The summed E-state index contributed by atoms with van der Waals surface area (Å²) >= 11 is 0. The van der Waals surface area contributed by atoms with E-state index in [0.717, 1.165) is 120 Å². The van der Waals surface area contributed by atoms with E-state index in [9.17, 15) is 43.2 Å². The minimum atomic E-state index is -4.96. The highest BCUT2D eigenvalue weighted by Gasteiger charge is 2.30. The van der Waals surface area contributed by atoms with Crippen LogP contribution in [-0.2, 0) is 65.4 Å². The number of carbonyl (C=O) groups is 4. The average molecular weight is 1400 g/mol. The van der Waals surface area contributed by atoms with E-state index in [1.54, 1.807) is 0 Å². The molecule has 0 bridgehead atoms. The van der Waals surface area contributed by atoms with Gasteiger partial charge in [-0.15, -0.1) is 0 Å². The lowest BCUT2D eigenvalue weighted by Gasteiger charge is -2.21. The SMILES string of the molecule is CCC(C)CCCCCCCCCCCCCCCCCCCCC(=O)O[C@H](COC(=O)CCCCCCCCC(C)CC)COP(=O)(O)OC[C@H](O)COP(=O)(O)OC[C@@H](COC(=O)CCCCCCCCCCCC(C)C)OC(=O)CCCCCCCCCCC(C)C. The summed E-state index contributed by atoms with van der Waals surface area (Å²) in [7, 11) is -9.91. The van der Waals surface area contributed by atoms with Crippen molar-refractivity contribution in [1.29, 1.82) is 0 Å². The van der Waals surface area contributed by atoms with Gasteiger partial charge in [0.1, 0.15) is 19.3 Å². The Balaban J connectivity index is 5.17. The fraction of sp³-hybridized carbons (Fsp3) is 0.947. The van der Waals surface area contributed by atoms with Crippen molar-refractivity contribution >= 4 is 39.5 Å². The van der Waals surface area contributed by atoms with E-state index >= 15 is 0 Å². The first-order valence-electron chi connectivity index (χ1n) is 39.3. The number of hydrogen-bond donors (Lipinski definition) is 3. The number of rotatable bonds is 73. The Hall–Kier alpha value is -1.94. The number of ether oxygens (including phenoxy) is 4. The maximum absolute atomic E-state index is 13.1. The van der Waals surface area contributed by atoms with E-state index in [2.05, 4.69) is 55.4 Å². The number of aliphatic hydroxyl groups is 1. The second-order valence-electron chi connectivity index (χ2n) is 28.8. The summed E-state index contributed by atoms with van der Waals surface area (Å²) < 4.78 is 68.4. The van der Waals surface area contributed by atoms with Gasteiger partial charge in [-0.2, -0.15) is 0 Å². The predicted molar refractivity (Wildman–Crippen MR) is 386 cm³/mol. The first kappa shape index (κ1) is 93.1. The molecule has 19 heteroatoms. The first-order chi connectivity index (χ1) is 45.7. The zero-order valence-electron chi connectivity index (χ0n) is 62.3. The molecule has 0 saturated heterocycles. The van der Waals surface area contributed by atoms with Crippen LogP contribution in [0.4, 0.5) is 0 Å². The molecule has 3 N–H and O–H groups in total. The van der Waals surface area contributed by atoms with Gasteiger partial charge in [-0.3, -0.25) is 37.3 Å². The van der Waals surface area contributed by atoms with E-state index in [1.165, 1.54) is 180 Å². The third-order valence-electron chi connectivity index (χ3n) is 18.3. The van der Waals surface area contributed by atoms with Gasteiger partial charge in [-0.1, -0.05) is 331 Å². The summed E-state index contributed by atoms with van der Waals surface area (Å²) in [5.41, 5.74) is 0. The van der Waals surface area contributed by atoms with Gasteiger partial charge in [0.25, 0.3) is 0 Å². The second-order valence-corrected chi connectivity index (χ2v) is 31.7. The predicted octanol–water partition coefficient (Wildman–Crippen LogP) is 22.0. The topological polar surface area (TPSA) is 237 Å². The lowest BCUT2D eigenvalue weighted by atomic mass is 9.99. The maximum Gasteiger partial charge on any atom is 0.472 e. The van der Waals surface area contributed by atoms with E-state index in [0.29, 0.717) is 25.7 Å². The average Bonchev–Trinajstić information content (AvgIpc) is 1.67. The molecule has 0 rings (SSSR count). The molecule has 0 aliphatic rings. The van der Waals surface area contributed by atoms with Crippen LogP contribution < -0.4 is 0 Å². The van der Waals surface area contributed by atoms with Crippen LogP contribution >= 0.6 is 15.6 Å². The maximum atomic E-state index is 13.1. The molecule has 0 amide bonds. The van der Waals surface area contributed by atoms with Crippen LogP contribution in [0.5, 0.6) is 0 Å². The minimum Gasteiger partial charge on any atom is -0.462 e. The highest BCUT2D eigenvalue weighted by molar-refractivity contribution is 7.47. The molecule has 0 aromatic heterocycles. The molecular weight excluding hydrogens is 1250 g/mol. The summed E-state index contributed by atoms with van der Waals surface area (Å²) in [6.45, 7) is 14.2. The van der Waals surface area contributed by atoms with Crippen molar-refractivity contribution in [3.8, 4) is 0 Å². The molecule has 95 heavy (non-hydrogen) atoms. The Morgan fingerprint density at radius 3 is 0.747 bits per heavy atom. The second kappa shape index (κ2) is 65.4. The van der Waals surface area contributed by atoms with Crippen molar-refractivity contribution in [3.63, 3.8) is 0 Å². The number of unbranched alkanes of at least 4 members (excludes halogenated alkanes) is 37. The van der Waals surface area contributed by atoms with Gasteiger partial charge in [0.2, 0.25) is 0 Å². The number of esters is 4. The molecule has 7 atom stereocenters. The molecule has 0 saturated carbocycles. The van der Waals surface area contributed by atoms with Crippen molar-refractivity contribution in [2.24, 2.45) is 23.7 Å². The van der Waals surface area contributed by atoms with Crippen LogP contribution in [0.3, 0.4) is 0 Å². The van der Waals surface area contributed by atoms with Gasteiger partial charge in [0.05, 0.1) is 26.4 Å². The molecule has 17 nitrogen and oxygen atoms in total. The highest BCUT2D eigenvalue weighted by atomic mass is 31.2. The number of hydrogen-bond acceptors (Lipinski definition) is 15. The molecule has 0 heterocycles. The van der Waals surface area contributed by atoms with Crippen LogP contribution in [0.25, 0.3) is 0 Å². The van der Waals surface area contributed by atoms with E-state index in [4.69, 9.17) is 37.0 Å². The zero-order chi connectivity index (χ0) is 70.3. The van der Waals surface area contributed by atoms with Crippen molar-refractivity contribution < 1.29 is 80.2 Å². The fourth-order valence-corrected chi connectivity index (χ4v) is 13.1. The number of phosphoric ester groups is 2. The van der Waals surface area contributed by atoms with Gasteiger partial charge in [0, 0.05) is 25.7 Å². The molecule has 564 valence electrons. The first-order valence-corrected chi connectivity index (χ1v) is 42.3. The van der Waals surface area contributed by atoms with Crippen LogP contribution in [0.1, 0.15) is 383 Å². The Morgan fingerprint density at radius 2 is 0.505 bits per heavy atom. The normalized spacial score (nSPS) is 14.7. The zero-order valence-corrected chi connectivity index (χ0v) is 64.1. The van der Waals surface area contributed by atoms with Gasteiger partial charge < -0.3 is 33.8 Å². The largest absolute Gasteiger partial charge is 0.472 e. The fourth-order valence-electron chi connectivity index (χ4n) is 11.5. The summed E-state index contributed by atoms with van der Waals surface area (Å²) in [5, 5.41) is 10.6. The Bertz CT molecular complexity index is 1870. The monoisotopic (exact) mass is 1400 g/mol. The van der Waals surface area contributed by atoms with Crippen LogP contribution in [0.15, 0.2) is 0 Å². The minimum absolute atomic E-state index is 0.104. The Labute approximate surface area is 581 Å². The lowest BCUT2D eigenvalue weighted by Crippen LogP contribution is -2.30. The summed E-state index contributed by atoms with van der Waals surface area (Å²) in [6.07, 6.45) is 50.2. The lowest BCUT2D eigenvalue weighted by molar-refractivity contribution is -0.161. The molecule has 0 aromatic rings. The van der Waals surface area contributed by atoms with Crippen molar-refractivity contribution in [2.75, 3.05) is 39.6 Å². The van der Waals surface area contributed by atoms with Gasteiger partial charge in [0.15, 0.2) is 12.2 Å². The number of aliphatic hydroxyl groups excluding tert-OH is 1. The molecule has 0 fully saturated rings. The standard InChI is InChI=1S/C76H148O17P2/c1-9-68(7)54-46-38-30-23-19-17-15-13-11-12-14-16-18-20-24-32-42-50-58-75(80)92-72(63-87-74(79)57-49-41-35-34-39-47-55-69(8)10-2)65-91-95(84,85)89-61-70(77)60-88-94(82,83)90-64-71(93-76(81)59-51-43-33-27-26-29-37-45-53-67(5)6)62-86-73(78)56-48-40-31-25-21-22-28-36-44-52-66(3)4/h66-72,77H,9-65H2,1-8H3,(H,82,83)(H,84,85)/t68?,69?,70-,71-,72-/m1/s1. The van der Waals surface area contributed by atoms with Gasteiger partial charge in [-0.25, -0.2) is 9.13 Å². The summed E-state index contributed by atoms with van der Waals surface area (Å²) in [6, 6.07) is 0. The van der Waals surface area contributed by atoms with E-state index in [1.807, 2.05) is 0 Å². The molecule has 0 aromatic carbocycles. The van der Waals surface area contributed by atoms with E-state index < -0.39 is 97.5 Å². The van der Waals surface area contributed by atoms with Gasteiger partial charge >= 0.3 is 39.5 Å². The molecule has 0 aliphatic heterocycles. The molecule has 0 aliphatic carbocycles. The molecule has 0 radical (unpaired) electrons. The smallest absolute Gasteiger partial charge is 0.462 e. The number of carbonyl (C=O) groups excluding carboxylic acids is 4. The third kappa shape index (κ3) is 67.6. The number of phosphoric acid groups is 2. The highest BCUT2D eigenvalue weighted by Crippen LogP contribution is 2.45. The Kier molecular flexibility index (Phi) is 64.0. The summed E-state index contributed by atoms with van der Waals surface area (Å²) in [5.74, 6) is 0.939. The van der Waals surface area contributed by atoms with Crippen molar-refractivity contribution in [2.45, 2.75) is 401 Å². The molecule has 4 unspecified atom stereocenters. The quantitative estimate of drug-likeness (QED) is 0.0222. The van der Waals surface area contributed by atoms with Crippen molar-refractivity contribution in [3.05, 3.63) is 0 Å². The third-order valence-corrected chi connectivity index (χ3v) is 20.2. The van der Waals surface area contributed by atoms with Crippen LogP contribution in [-0.4, -0.2) is 96.7 Å². The Morgan fingerprint density at radius 1 is 0.295 bits per heavy atom. The molecular formula is C76H148O17P2. The summed E-state index contributed by atoms with van der Waals surface area (Å²) in [4.78, 5) is 72.7. The molecule has 0 spiro atoms. The van der Waals surface area contributed by atoms with Crippen molar-refractivity contribution in [1.82, 2.24) is 0 Å². The van der Waals surface area contributed by atoms with Gasteiger partial charge in [-0.05, 0) is 49.4 Å².